The van der Waals surface area contributed by atoms with E-state index in [1.165, 1.54) is 4.31 Å². The minimum atomic E-state index is -3.88. The molecular weight excluding hydrogens is 422 g/mol. The quantitative estimate of drug-likeness (QED) is 0.598. The number of pyridine rings is 1. The summed E-state index contributed by atoms with van der Waals surface area (Å²) in [6, 6.07) is 16.0. The normalized spacial score (nSPS) is 16.4. The fraction of sp³-hybridized carbons (Fsp3) is 0.280. The summed E-state index contributed by atoms with van der Waals surface area (Å²) in [7, 11) is -2.18. The number of carbonyl (C=O) groups is 1. The number of aromatic nitrogens is 1. The molecule has 3 aromatic rings. The van der Waals surface area contributed by atoms with Crippen molar-refractivity contribution in [2.45, 2.75) is 44.3 Å². The van der Waals surface area contributed by atoms with Crippen molar-refractivity contribution in [3.05, 3.63) is 94.8 Å². The van der Waals surface area contributed by atoms with Gasteiger partial charge in [0.05, 0.1) is 4.90 Å². The van der Waals surface area contributed by atoms with Gasteiger partial charge in [0, 0.05) is 32.5 Å². The van der Waals surface area contributed by atoms with E-state index in [-0.39, 0.29) is 17.3 Å². The van der Waals surface area contributed by atoms with E-state index in [9.17, 15) is 13.2 Å². The zero-order valence-corrected chi connectivity index (χ0v) is 19.3. The Bertz CT molecular complexity index is 1240. The molecule has 0 aliphatic carbocycles. The second-order valence-electron chi connectivity index (χ2n) is 8.36. The van der Waals surface area contributed by atoms with Gasteiger partial charge in [-0.3, -0.25) is 9.78 Å². The van der Waals surface area contributed by atoms with Crippen LogP contribution in [0.25, 0.3) is 0 Å². The number of fused-ring (bicyclic) bond motifs is 1. The molecule has 7 heteroatoms. The van der Waals surface area contributed by atoms with Gasteiger partial charge >= 0.3 is 0 Å². The third kappa shape index (κ3) is 4.31. The number of nitrogens with zero attached hydrogens (tertiary/aromatic N) is 3. The molecule has 1 atom stereocenters. The smallest absolute Gasteiger partial charge is 0.244 e. The highest BCUT2D eigenvalue weighted by atomic mass is 32.2. The highest BCUT2D eigenvalue weighted by Crippen LogP contribution is 2.31. The SMILES string of the molecule is Cc1ccc(C)c(S(=O)(=O)N2Cc3ccccc3CC2C(=O)N(C)Cc2cccnc2)c1. The van der Waals surface area contributed by atoms with Crippen molar-refractivity contribution in [3.8, 4) is 0 Å². The van der Waals surface area contributed by atoms with Gasteiger partial charge in [-0.05, 0) is 60.2 Å². The first kappa shape index (κ1) is 22.2. The lowest BCUT2D eigenvalue weighted by atomic mass is 9.95. The first-order valence-electron chi connectivity index (χ1n) is 10.6. The van der Waals surface area contributed by atoms with E-state index in [2.05, 4.69) is 4.98 Å². The minimum absolute atomic E-state index is 0.170. The van der Waals surface area contributed by atoms with Crippen LogP contribution >= 0.6 is 0 Å². The number of benzene rings is 2. The molecule has 0 saturated heterocycles. The van der Waals surface area contributed by atoms with Crippen LogP contribution in [0.15, 0.2) is 71.9 Å². The van der Waals surface area contributed by atoms with Crippen LogP contribution in [0.1, 0.15) is 27.8 Å². The molecular formula is C25H27N3O3S. The first-order valence-corrected chi connectivity index (χ1v) is 12.0. The maximum Gasteiger partial charge on any atom is 0.244 e. The van der Waals surface area contributed by atoms with Gasteiger partial charge in [-0.15, -0.1) is 0 Å². The van der Waals surface area contributed by atoms with E-state index in [1.807, 2.05) is 55.5 Å². The second kappa shape index (κ2) is 8.84. The molecule has 1 amide bonds. The van der Waals surface area contributed by atoms with Crippen molar-refractivity contribution in [3.63, 3.8) is 0 Å². The molecule has 1 unspecified atom stereocenters. The standard InChI is InChI=1S/C25H27N3O3S/c1-18-10-11-19(2)24(13-18)32(30,31)28-17-22-9-5-4-8-21(22)14-23(28)25(29)27(3)16-20-7-6-12-26-15-20/h4-13,15,23H,14,16-17H2,1-3H3. The summed E-state index contributed by atoms with van der Waals surface area (Å²) in [6.07, 6.45) is 3.74. The third-order valence-electron chi connectivity index (χ3n) is 5.94. The predicted molar refractivity (Wildman–Crippen MR) is 123 cm³/mol. The van der Waals surface area contributed by atoms with Gasteiger partial charge in [-0.1, -0.05) is 42.5 Å². The molecule has 0 bridgehead atoms. The van der Waals surface area contributed by atoms with Gasteiger partial charge in [-0.2, -0.15) is 4.31 Å². The zero-order valence-electron chi connectivity index (χ0n) is 18.5. The van der Waals surface area contributed by atoms with Crippen LogP contribution in [0.4, 0.5) is 0 Å². The first-order chi connectivity index (χ1) is 15.3. The summed E-state index contributed by atoms with van der Waals surface area (Å²) in [4.78, 5) is 19.5. The Balaban J connectivity index is 1.72. The molecule has 0 saturated carbocycles. The number of likely N-dealkylation sites (N-methyl/N-ethyl adjacent to an activating group) is 1. The van der Waals surface area contributed by atoms with E-state index >= 15 is 0 Å². The number of hydrogen-bond donors (Lipinski definition) is 0. The molecule has 166 valence electrons. The van der Waals surface area contributed by atoms with Gasteiger partial charge in [0.2, 0.25) is 15.9 Å². The molecule has 0 radical (unpaired) electrons. The third-order valence-corrected chi connectivity index (χ3v) is 7.94. The molecule has 1 aliphatic heterocycles. The van der Waals surface area contributed by atoms with Gasteiger partial charge < -0.3 is 4.90 Å². The van der Waals surface area contributed by atoms with Crippen LogP contribution in [0.2, 0.25) is 0 Å². The lowest BCUT2D eigenvalue weighted by molar-refractivity contribution is -0.135. The van der Waals surface area contributed by atoms with E-state index in [1.54, 1.807) is 37.3 Å². The van der Waals surface area contributed by atoms with E-state index in [0.29, 0.717) is 18.5 Å². The maximum atomic E-state index is 13.8. The van der Waals surface area contributed by atoms with Crippen molar-refractivity contribution in [1.29, 1.82) is 0 Å². The Hall–Kier alpha value is -3.03. The van der Waals surface area contributed by atoms with E-state index in [4.69, 9.17) is 0 Å². The molecule has 0 spiro atoms. The minimum Gasteiger partial charge on any atom is -0.340 e. The molecule has 1 aromatic heterocycles. The van der Waals surface area contributed by atoms with Crippen LogP contribution < -0.4 is 0 Å². The van der Waals surface area contributed by atoms with Crippen LogP contribution in [-0.4, -0.2) is 41.6 Å². The van der Waals surface area contributed by atoms with Crippen LogP contribution in [0.3, 0.4) is 0 Å². The average molecular weight is 450 g/mol. The van der Waals surface area contributed by atoms with Gasteiger partial charge in [-0.25, -0.2) is 8.42 Å². The molecule has 1 aliphatic rings. The highest BCUT2D eigenvalue weighted by molar-refractivity contribution is 7.89. The lowest BCUT2D eigenvalue weighted by Crippen LogP contribution is -2.52. The van der Waals surface area contributed by atoms with Crippen LogP contribution in [0, 0.1) is 13.8 Å². The second-order valence-corrected chi connectivity index (χ2v) is 10.2. The Morgan fingerprint density at radius 3 is 2.56 bits per heavy atom. The monoisotopic (exact) mass is 449 g/mol. The Kier molecular flexibility index (Phi) is 6.13. The molecule has 2 aromatic carbocycles. The molecule has 32 heavy (non-hydrogen) atoms. The summed E-state index contributed by atoms with van der Waals surface area (Å²) in [6.45, 7) is 4.19. The molecule has 6 nitrogen and oxygen atoms in total. The summed E-state index contributed by atoms with van der Waals surface area (Å²) < 4.78 is 29.0. The van der Waals surface area contributed by atoms with E-state index < -0.39 is 16.1 Å². The molecule has 0 fully saturated rings. The number of carbonyl (C=O) groups excluding carboxylic acids is 1. The number of rotatable bonds is 5. The Morgan fingerprint density at radius 2 is 1.84 bits per heavy atom. The summed E-state index contributed by atoms with van der Waals surface area (Å²) in [5.41, 5.74) is 4.37. The van der Waals surface area contributed by atoms with Crippen LogP contribution in [-0.2, 0) is 34.3 Å². The van der Waals surface area contributed by atoms with Crippen molar-refractivity contribution in [2.75, 3.05) is 7.05 Å². The van der Waals surface area contributed by atoms with Gasteiger partial charge in [0.25, 0.3) is 0 Å². The average Bonchev–Trinajstić information content (AvgIpc) is 2.79. The van der Waals surface area contributed by atoms with Crippen molar-refractivity contribution in [1.82, 2.24) is 14.2 Å². The molecule has 4 rings (SSSR count). The van der Waals surface area contributed by atoms with Gasteiger partial charge in [0.15, 0.2) is 0 Å². The van der Waals surface area contributed by atoms with Crippen molar-refractivity contribution in [2.24, 2.45) is 0 Å². The number of aryl methyl sites for hydroxylation is 2. The van der Waals surface area contributed by atoms with Crippen LogP contribution in [0.5, 0.6) is 0 Å². The Labute approximate surface area is 189 Å². The molecule has 0 N–H and O–H groups in total. The maximum absolute atomic E-state index is 13.8. The fourth-order valence-corrected chi connectivity index (χ4v) is 6.04. The van der Waals surface area contributed by atoms with E-state index in [0.717, 1.165) is 22.3 Å². The largest absolute Gasteiger partial charge is 0.340 e. The number of sulfonamides is 1. The number of amides is 1. The van der Waals surface area contributed by atoms with Crippen molar-refractivity contribution >= 4 is 15.9 Å². The zero-order chi connectivity index (χ0) is 22.9. The molecule has 2 heterocycles. The fourth-order valence-electron chi connectivity index (χ4n) is 4.17. The van der Waals surface area contributed by atoms with Gasteiger partial charge in [0.1, 0.15) is 6.04 Å². The highest BCUT2D eigenvalue weighted by Gasteiger charge is 2.41. The summed E-state index contributed by atoms with van der Waals surface area (Å²) in [5.74, 6) is -0.225. The van der Waals surface area contributed by atoms with Crippen molar-refractivity contribution < 1.29 is 13.2 Å². The Morgan fingerprint density at radius 1 is 1.09 bits per heavy atom. The lowest BCUT2D eigenvalue weighted by Gasteiger charge is -2.37. The topological polar surface area (TPSA) is 70.6 Å². The predicted octanol–water partition coefficient (Wildman–Crippen LogP) is 3.47. The summed E-state index contributed by atoms with van der Waals surface area (Å²) in [5, 5.41) is 0. The number of hydrogen-bond acceptors (Lipinski definition) is 4. The summed E-state index contributed by atoms with van der Waals surface area (Å²) >= 11 is 0.